The molecule has 3 aromatic rings. The number of hydrogen-bond donors (Lipinski definition) is 1. The summed E-state index contributed by atoms with van der Waals surface area (Å²) in [6, 6.07) is 23.1. The Labute approximate surface area is 141 Å². The van der Waals surface area contributed by atoms with Crippen LogP contribution in [0.4, 0.5) is 0 Å². The first kappa shape index (κ1) is 14.9. The van der Waals surface area contributed by atoms with Gasteiger partial charge in [0.05, 0.1) is 0 Å². The van der Waals surface area contributed by atoms with Gasteiger partial charge in [0.15, 0.2) is 11.4 Å². The van der Waals surface area contributed by atoms with Crippen LogP contribution >= 0.6 is 0 Å². The maximum atomic E-state index is 13.1. The van der Waals surface area contributed by atoms with Crippen molar-refractivity contribution in [3.63, 3.8) is 0 Å². The second-order valence-electron chi connectivity index (χ2n) is 6.44. The zero-order valence-corrected chi connectivity index (χ0v) is 13.5. The predicted molar refractivity (Wildman–Crippen MR) is 95.0 cm³/mol. The van der Waals surface area contributed by atoms with E-state index in [1.54, 1.807) is 6.07 Å². The van der Waals surface area contributed by atoms with E-state index < -0.39 is 5.60 Å². The number of carbonyl (C=O) groups is 1. The van der Waals surface area contributed by atoms with Gasteiger partial charge in [0, 0.05) is 12.0 Å². The molecule has 0 fully saturated rings. The van der Waals surface area contributed by atoms with Gasteiger partial charge < -0.3 is 5.11 Å². The second-order valence-corrected chi connectivity index (χ2v) is 6.44. The second kappa shape index (κ2) is 5.43. The Bertz CT molecular complexity index is 925. The lowest BCUT2D eigenvalue weighted by Crippen LogP contribution is -2.41. The largest absolute Gasteiger partial charge is 0.377 e. The third-order valence-corrected chi connectivity index (χ3v) is 4.79. The van der Waals surface area contributed by atoms with Gasteiger partial charge in [-0.25, -0.2) is 0 Å². The van der Waals surface area contributed by atoms with Crippen molar-refractivity contribution in [2.75, 3.05) is 0 Å². The van der Waals surface area contributed by atoms with E-state index in [1.807, 2.05) is 73.7 Å². The van der Waals surface area contributed by atoms with Crippen molar-refractivity contribution in [1.29, 1.82) is 0 Å². The van der Waals surface area contributed by atoms with Crippen molar-refractivity contribution >= 4 is 5.78 Å². The molecule has 0 aromatic heterocycles. The first-order valence-electron chi connectivity index (χ1n) is 8.11. The highest BCUT2D eigenvalue weighted by Crippen LogP contribution is 2.43. The summed E-state index contributed by atoms with van der Waals surface area (Å²) in [4.78, 5) is 13.1. The molecule has 0 spiro atoms. The van der Waals surface area contributed by atoms with Crippen molar-refractivity contribution in [2.45, 2.75) is 18.9 Å². The average molecular weight is 314 g/mol. The first-order valence-corrected chi connectivity index (χ1v) is 8.11. The van der Waals surface area contributed by atoms with Crippen LogP contribution < -0.4 is 0 Å². The van der Waals surface area contributed by atoms with Crippen molar-refractivity contribution in [1.82, 2.24) is 0 Å². The number of ketones is 1. The molecule has 2 heteroatoms. The molecule has 24 heavy (non-hydrogen) atoms. The van der Waals surface area contributed by atoms with Gasteiger partial charge in [-0.2, -0.15) is 0 Å². The molecular formula is C22H18O2. The molecule has 3 aromatic carbocycles. The van der Waals surface area contributed by atoms with Gasteiger partial charge in [-0.1, -0.05) is 78.4 Å². The van der Waals surface area contributed by atoms with Gasteiger partial charge in [0.1, 0.15) is 0 Å². The van der Waals surface area contributed by atoms with E-state index in [0.717, 1.165) is 22.3 Å². The Morgan fingerprint density at radius 3 is 2.08 bits per heavy atom. The third-order valence-electron chi connectivity index (χ3n) is 4.79. The lowest BCUT2D eigenvalue weighted by Gasteiger charge is -2.34. The number of benzene rings is 3. The smallest absolute Gasteiger partial charge is 0.199 e. The number of fused-ring (bicyclic) bond motifs is 3. The fraction of sp³-hybridized carbons (Fsp3) is 0.136. The van der Waals surface area contributed by atoms with Gasteiger partial charge in [0.25, 0.3) is 0 Å². The molecule has 4 rings (SSSR count). The van der Waals surface area contributed by atoms with Crippen LogP contribution in [0.2, 0.25) is 0 Å². The molecule has 0 radical (unpaired) electrons. The van der Waals surface area contributed by atoms with Crippen LogP contribution in [0.1, 0.15) is 27.0 Å². The quantitative estimate of drug-likeness (QED) is 0.766. The summed E-state index contributed by atoms with van der Waals surface area (Å²) >= 11 is 0. The maximum Gasteiger partial charge on any atom is 0.199 e. The van der Waals surface area contributed by atoms with E-state index in [2.05, 4.69) is 0 Å². The standard InChI is InChI=1S/C22H18O2/c1-15-10-12-16(13-11-15)14-22(24)20-9-5-4-7-18(20)17-6-2-3-8-19(17)21(22)23/h2-13,24H,14H2,1H3. The molecule has 0 aliphatic heterocycles. The van der Waals surface area contributed by atoms with Crippen LogP contribution in [0.25, 0.3) is 11.1 Å². The molecule has 1 atom stereocenters. The molecule has 2 nitrogen and oxygen atoms in total. The molecule has 0 bridgehead atoms. The minimum Gasteiger partial charge on any atom is -0.377 e. The molecule has 1 aliphatic carbocycles. The Hall–Kier alpha value is -2.71. The Kier molecular flexibility index (Phi) is 3.36. The van der Waals surface area contributed by atoms with E-state index in [4.69, 9.17) is 0 Å². The molecular weight excluding hydrogens is 296 g/mol. The van der Waals surface area contributed by atoms with Crippen molar-refractivity contribution in [2.24, 2.45) is 0 Å². The number of hydrogen-bond acceptors (Lipinski definition) is 2. The highest BCUT2D eigenvalue weighted by Gasteiger charge is 2.44. The molecule has 0 saturated heterocycles. The van der Waals surface area contributed by atoms with Gasteiger partial charge >= 0.3 is 0 Å². The number of aryl methyl sites for hydroxylation is 1. The van der Waals surface area contributed by atoms with E-state index >= 15 is 0 Å². The predicted octanol–water partition coefficient (Wildman–Crippen LogP) is 4.29. The first-order chi connectivity index (χ1) is 11.6. The van der Waals surface area contributed by atoms with Crippen molar-refractivity contribution < 1.29 is 9.90 Å². The SMILES string of the molecule is Cc1ccc(CC2(O)C(=O)c3ccccc3-c3ccccc32)cc1. The highest BCUT2D eigenvalue weighted by atomic mass is 16.3. The number of aliphatic hydroxyl groups is 1. The molecule has 1 unspecified atom stereocenters. The molecule has 1 N–H and O–H groups in total. The monoisotopic (exact) mass is 314 g/mol. The van der Waals surface area contributed by atoms with Gasteiger partial charge in [0.2, 0.25) is 0 Å². The summed E-state index contributed by atoms with van der Waals surface area (Å²) < 4.78 is 0. The number of Topliss-reactive ketones (excluding diaryl/α,β-unsaturated/α-hetero) is 1. The topological polar surface area (TPSA) is 37.3 Å². The lowest BCUT2D eigenvalue weighted by atomic mass is 9.72. The average Bonchev–Trinajstić information content (AvgIpc) is 2.62. The van der Waals surface area contributed by atoms with Gasteiger partial charge in [-0.05, 0) is 29.2 Å². The van der Waals surface area contributed by atoms with Crippen molar-refractivity contribution in [3.05, 3.63) is 95.1 Å². The van der Waals surface area contributed by atoms with Crippen LogP contribution in [-0.4, -0.2) is 10.9 Å². The molecule has 0 amide bonds. The van der Waals surface area contributed by atoms with E-state index in [0.29, 0.717) is 11.1 Å². The molecule has 0 heterocycles. The minimum absolute atomic E-state index is 0.225. The number of rotatable bonds is 2. The summed E-state index contributed by atoms with van der Waals surface area (Å²) in [7, 11) is 0. The normalized spacial score (nSPS) is 18.8. The summed E-state index contributed by atoms with van der Waals surface area (Å²) in [5.41, 5.74) is 3.69. The van der Waals surface area contributed by atoms with Gasteiger partial charge in [-0.15, -0.1) is 0 Å². The fourth-order valence-electron chi connectivity index (χ4n) is 3.52. The molecule has 1 aliphatic rings. The zero-order chi connectivity index (χ0) is 16.7. The number of carbonyl (C=O) groups excluding carboxylic acids is 1. The Balaban J connectivity index is 1.89. The Morgan fingerprint density at radius 1 is 0.792 bits per heavy atom. The summed E-state index contributed by atoms with van der Waals surface area (Å²) in [6.07, 6.45) is 0.275. The van der Waals surface area contributed by atoms with Crippen LogP contribution in [0, 0.1) is 6.92 Å². The van der Waals surface area contributed by atoms with Crippen LogP contribution in [-0.2, 0) is 12.0 Å². The van der Waals surface area contributed by atoms with Crippen LogP contribution in [0.3, 0.4) is 0 Å². The highest BCUT2D eigenvalue weighted by molar-refractivity contribution is 6.11. The summed E-state index contributed by atoms with van der Waals surface area (Å²) in [6.45, 7) is 2.02. The molecule has 0 saturated carbocycles. The fourth-order valence-corrected chi connectivity index (χ4v) is 3.52. The van der Waals surface area contributed by atoms with E-state index in [-0.39, 0.29) is 12.2 Å². The van der Waals surface area contributed by atoms with Crippen LogP contribution in [0.5, 0.6) is 0 Å². The van der Waals surface area contributed by atoms with E-state index in [9.17, 15) is 9.90 Å². The van der Waals surface area contributed by atoms with Gasteiger partial charge in [-0.3, -0.25) is 4.79 Å². The molecule has 118 valence electrons. The van der Waals surface area contributed by atoms with E-state index in [1.165, 1.54) is 0 Å². The van der Waals surface area contributed by atoms with Crippen LogP contribution in [0.15, 0.2) is 72.8 Å². The van der Waals surface area contributed by atoms with Crippen molar-refractivity contribution in [3.8, 4) is 11.1 Å². The Morgan fingerprint density at radius 2 is 1.38 bits per heavy atom. The maximum absolute atomic E-state index is 13.1. The summed E-state index contributed by atoms with van der Waals surface area (Å²) in [5, 5.41) is 11.4. The minimum atomic E-state index is -1.53. The third kappa shape index (κ3) is 2.19. The summed E-state index contributed by atoms with van der Waals surface area (Å²) in [5.74, 6) is -0.225. The lowest BCUT2D eigenvalue weighted by molar-refractivity contribution is 0.0293. The zero-order valence-electron chi connectivity index (χ0n) is 13.5.